The van der Waals surface area contributed by atoms with Crippen LogP contribution in [0.2, 0.25) is 0 Å². The Morgan fingerprint density at radius 2 is 1.87 bits per heavy atom. The molecular formula is C23H25N5O2. The van der Waals surface area contributed by atoms with E-state index >= 15 is 0 Å². The van der Waals surface area contributed by atoms with E-state index in [1.807, 2.05) is 47.1 Å². The minimum Gasteiger partial charge on any atom is -0.493 e. The zero-order valence-corrected chi connectivity index (χ0v) is 17.3. The Labute approximate surface area is 174 Å². The first-order chi connectivity index (χ1) is 14.7. The third-order valence-corrected chi connectivity index (χ3v) is 4.83. The number of rotatable bonds is 8. The van der Waals surface area contributed by atoms with Gasteiger partial charge >= 0.3 is 0 Å². The van der Waals surface area contributed by atoms with Crippen LogP contribution in [-0.2, 0) is 13.0 Å². The Kier molecular flexibility index (Phi) is 5.88. The molecule has 0 aliphatic carbocycles. The van der Waals surface area contributed by atoms with Gasteiger partial charge in [-0.3, -0.25) is 14.5 Å². The first kappa shape index (κ1) is 19.8. The molecule has 0 aliphatic heterocycles. The van der Waals surface area contributed by atoms with E-state index < -0.39 is 0 Å². The first-order valence-electron chi connectivity index (χ1n) is 10.3. The average Bonchev–Trinajstić information content (AvgIpc) is 3.11. The normalized spacial score (nSPS) is 11.1. The van der Waals surface area contributed by atoms with Crippen molar-refractivity contribution in [1.29, 1.82) is 0 Å². The van der Waals surface area contributed by atoms with Crippen LogP contribution >= 0.6 is 0 Å². The zero-order chi connectivity index (χ0) is 20.9. The van der Waals surface area contributed by atoms with E-state index in [0.29, 0.717) is 35.8 Å². The van der Waals surface area contributed by atoms with Crippen LogP contribution < -0.4 is 10.3 Å². The number of nitrogens with one attached hydrogen (secondary N) is 1. The molecule has 7 heteroatoms. The third kappa shape index (κ3) is 3.96. The van der Waals surface area contributed by atoms with Crippen molar-refractivity contribution >= 4 is 11.0 Å². The molecule has 0 saturated carbocycles. The summed E-state index contributed by atoms with van der Waals surface area (Å²) >= 11 is 0. The molecule has 0 unspecified atom stereocenters. The number of para-hydroxylation sites is 1. The number of pyridine rings is 1. The minimum atomic E-state index is -0.252. The number of hydrogen-bond donors (Lipinski definition) is 1. The molecule has 0 bridgehead atoms. The molecule has 3 heterocycles. The Morgan fingerprint density at radius 1 is 1.03 bits per heavy atom. The van der Waals surface area contributed by atoms with Gasteiger partial charge in [0.1, 0.15) is 17.1 Å². The summed E-state index contributed by atoms with van der Waals surface area (Å²) in [5.74, 6) is 1.20. The highest BCUT2D eigenvalue weighted by atomic mass is 16.5. The lowest BCUT2D eigenvalue weighted by atomic mass is 10.1. The number of nitrogens with zero attached hydrogens (tertiary/aromatic N) is 4. The van der Waals surface area contributed by atoms with Crippen molar-refractivity contribution in [3.8, 4) is 17.1 Å². The van der Waals surface area contributed by atoms with Gasteiger partial charge in [0.2, 0.25) is 0 Å². The van der Waals surface area contributed by atoms with Crippen molar-refractivity contribution in [2.45, 2.75) is 39.7 Å². The van der Waals surface area contributed by atoms with E-state index in [-0.39, 0.29) is 5.56 Å². The van der Waals surface area contributed by atoms with Crippen LogP contribution in [-0.4, -0.2) is 31.3 Å². The quantitative estimate of drug-likeness (QED) is 0.481. The highest BCUT2D eigenvalue weighted by Crippen LogP contribution is 2.28. The number of aromatic amines is 1. The van der Waals surface area contributed by atoms with Gasteiger partial charge in [0.15, 0.2) is 5.52 Å². The monoisotopic (exact) mass is 403 g/mol. The highest BCUT2D eigenvalue weighted by Gasteiger charge is 2.18. The maximum absolute atomic E-state index is 12.9. The molecule has 0 radical (unpaired) electrons. The summed E-state index contributed by atoms with van der Waals surface area (Å²) in [7, 11) is 0. The molecule has 3 aromatic heterocycles. The highest BCUT2D eigenvalue weighted by molar-refractivity contribution is 5.79. The summed E-state index contributed by atoms with van der Waals surface area (Å²) in [4.78, 5) is 25.0. The predicted molar refractivity (Wildman–Crippen MR) is 117 cm³/mol. The Balaban J connectivity index is 1.84. The maximum Gasteiger partial charge on any atom is 0.279 e. The standard InChI is InChI=1S/C23H25N5O2/c1-3-9-18-20-21(27-28(18)15-16-10-7-8-13-24-16)23(29)26-22(25-20)17-11-5-6-12-19(17)30-14-4-2/h5-8,10-13H,3-4,9,14-15H2,1-2H3,(H,25,26,29). The van der Waals surface area contributed by atoms with Gasteiger partial charge in [-0.05, 0) is 37.1 Å². The van der Waals surface area contributed by atoms with Crippen molar-refractivity contribution < 1.29 is 4.74 Å². The van der Waals surface area contributed by atoms with Gasteiger partial charge in [0.25, 0.3) is 5.56 Å². The second-order valence-corrected chi connectivity index (χ2v) is 7.13. The van der Waals surface area contributed by atoms with Gasteiger partial charge in [0.05, 0.1) is 30.1 Å². The first-order valence-corrected chi connectivity index (χ1v) is 10.3. The number of fused-ring (bicyclic) bond motifs is 1. The van der Waals surface area contributed by atoms with Crippen LogP contribution in [0.3, 0.4) is 0 Å². The van der Waals surface area contributed by atoms with Crippen LogP contribution in [0.4, 0.5) is 0 Å². The summed E-state index contributed by atoms with van der Waals surface area (Å²) in [5.41, 5.74) is 3.33. The van der Waals surface area contributed by atoms with Crippen LogP contribution in [0.5, 0.6) is 5.75 Å². The number of benzene rings is 1. The van der Waals surface area contributed by atoms with Crippen LogP contribution in [0.1, 0.15) is 38.1 Å². The molecule has 1 aromatic carbocycles. The SMILES string of the molecule is CCCOc1ccccc1-c1nc2c(CCC)n(Cc3ccccn3)nc2c(=O)[nH]1. The lowest BCUT2D eigenvalue weighted by Gasteiger charge is -2.10. The van der Waals surface area contributed by atoms with Crippen molar-refractivity contribution in [3.05, 3.63) is 70.4 Å². The van der Waals surface area contributed by atoms with E-state index in [4.69, 9.17) is 9.72 Å². The van der Waals surface area contributed by atoms with Crippen LogP contribution in [0.25, 0.3) is 22.4 Å². The zero-order valence-electron chi connectivity index (χ0n) is 17.3. The molecule has 1 N–H and O–H groups in total. The fraction of sp³-hybridized carbons (Fsp3) is 0.304. The number of aromatic nitrogens is 5. The molecular weight excluding hydrogens is 378 g/mol. The Bertz CT molecular complexity index is 1200. The smallest absolute Gasteiger partial charge is 0.279 e. The maximum atomic E-state index is 12.9. The van der Waals surface area contributed by atoms with E-state index in [2.05, 4.69) is 28.9 Å². The topological polar surface area (TPSA) is 85.7 Å². The minimum absolute atomic E-state index is 0.252. The third-order valence-electron chi connectivity index (χ3n) is 4.83. The second-order valence-electron chi connectivity index (χ2n) is 7.13. The fourth-order valence-corrected chi connectivity index (χ4v) is 3.45. The number of H-pyrrole nitrogens is 1. The molecule has 7 nitrogen and oxygen atoms in total. The molecule has 0 amide bonds. The number of hydrogen-bond acceptors (Lipinski definition) is 5. The summed E-state index contributed by atoms with van der Waals surface area (Å²) in [6.07, 6.45) is 4.35. The molecule has 0 atom stereocenters. The molecule has 0 spiro atoms. The largest absolute Gasteiger partial charge is 0.493 e. The summed E-state index contributed by atoms with van der Waals surface area (Å²) in [5, 5.41) is 4.57. The van der Waals surface area contributed by atoms with E-state index in [0.717, 1.165) is 36.2 Å². The fourth-order valence-electron chi connectivity index (χ4n) is 3.45. The second kappa shape index (κ2) is 8.90. The van der Waals surface area contributed by atoms with Gasteiger partial charge in [-0.1, -0.05) is 38.5 Å². The summed E-state index contributed by atoms with van der Waals surface area (Å²) in [6.45, 7) is 5.26. The lowest BCUT2D eigenvalue weighted by molar-refractivity contribution is 0.318. The number of aryl methyl sites for hydroxylation is 1. The number of ether oxygens (including phenoxy) is 1. The van der Waals surface area contributed by atoms with Crippen molar-refractivity contribution in [1.82, 2.24) is 24.7 Å². The van der Waals surface area contributed by atoms with Crippen LogP contribution in [0.15, 0.2) is 53.5 Å². The van der Waals surface area contributed by atoms with E-state index in [1.54, 1.807) is 6.20 Å². The molecule has 30 heavy (non-hydrogen) atoms. The molecule has 0 aliphatic rings. The van der Waals surface area contributed by atoms with Gasteiger partial charge < -0.3 is 9.72 Å². The molecule has 154 valence electrons. The molecule has 4 aromatic rings. The van der Waals surface area contributed by atoms with Gasteiger partial charge in [-0.25, -0.2) is 4.98 Å². The molecule has 0 saturated heterocycles. The lowest BCUT2D eigenvalue weighted by Crippen LogP contribution is -2.10. The van der Waals surface area contributed by atoms with Crippen LogP contribution in [0, 0.1) is 0 Å². The van der Waals surface area contributed by atoms with Crippen molar-refractivity contribution in [2.24, 2.45) is 0 Å². The predicted octanol–water partition coefficient (Wildman–Crippen LogP) is 3.97. The van der Waals surface area contributed by atoms with Crippen molar-refractivity contribution in [2.75, 3.05) is 6.61 Å². The van der Waals surface area contributed by atoms with Gasteiger partial charge in [-0.15, -0.1) is 0 Å². The van der Waals surface area contributed by atoms with Gasteiger partial charge in [-0.2, -0.15) is 5.10 Å². The molecule has 0 fully saturated rings. The van der Waals surface area contributed by atoms with Gasteiger partial charge in [0, 0.05) is 6.20 Å². The van der Waals surface area contributed by atoms with E-state index in [1.165, 1.54) is 0 Å². The average molecular weight is 403 g/mol. The molecule has 4 rings (SSSR count). The summed E-state index contributed by atoms with van der Waals surface area (Å²) in [6, 6.07) is 13.4. The van der Waals surface area contributed by atoms with E-state index in [9.17, 15) is 4.79 Å². The van der Waals surface area contributed by atoms with Crippen molar-refractivity contribution in [3.63, 3.8) is 0 Å². The Hall–Kier alpha value is -3.48. The Morgan fingerprint density at radius 3 is 2.63 bits per heavy atom. The summed E-state index contributed by atoms with van der Waals surface area (Å²) < 4.78 is 7.71.